The summed E-state index contributed by atoms with van der Waals surface area (Å²) in [5.41, 5.74) is 0.298. The number of amides is 1. The number of rotatable bonds is 3. The number of carbonyl (C=O) groups excluding carboxylic acids is 1. The molecule has 1 aliphatic rings. The lowest BCUT2D eigenvalue weighted by molar-refractivity contribution is -0.384. The van der Waals surface area contributed by atoms with Gasteiger partial charge in [-0.3, -0.25) is 14.9 Å². The lowest BCUT2D eigenvalue weighted by Gasteiger charge is -2.34. The summed E-state index contributed by atoms with van der Waals surface area (Å²) >= 11 is 0. The van der Waals surface area contributed by atoms with Crippen LogP contribution in [0.1, 0.15) is 43.5 Å². The second-order valence-electron chi connectivity index (χ2n) is 5.65. The predicted molar refractivity (Wildman–Crippen MR) is 76.5 cm³/mol. The first-order valence-corrected chi connectivity index (χ1v) is 7.04. The van der Waals surface area contributed by atoms with Crippen molar-refractivity contribution in [2.45, 2.75) is 39.2 Å². The summed E-state index contributed by atoms with van der Waals surface area (Å²) in [6.07, 6.45) is 3.29. The van der Waals surface area contributed by atoms with Crippen LogP contribution in [-0.4, -0.2) is 16.9 Å². The molecule has 0 spiro atoms. The second-order valence-corrected chi connectivity index (χ2v) is 5.65. The number of nitrogens with zero attached hydrogens (tertiary/aromatic N) is 1. The molecule has 5 nitrogen and oxygen atoms in total. The molecule has 1 saturated carbocycles. The van der Waals surface area contributed by atoms with Crippen molar-refractivity contribution in [2.24, 2.45) is 11.8 Å². The minimum absolute atomic E-state index is 0.0530. The first kappa shape index (κ1) is 14.5. The third-order valence-corrected chi connectivity index (χ3v) is 4.34. The number of nitrogens with one attached hydrogen (secondary N) is 1. The fourth-order valence-corrected chi connectivity index (χ4v) is 2.80. The third kappa shape index (κ3) is 3.15. The largest absolute Gasteiger partial charge is 0.349 e. The van der Waals surface area contributed by atoms with Crippen molar-refractivity contribution in [1.82, 2.24) is 5.32 Å². The van der Waals surface area contributed by atoms with Crippen LogP contribution in [0.5, 0.6) is 0 Å². The van der Waals surface area contributed by atoms with Gasteiger partial charge in [-0.2, -0.15) is 0 Å². The van der Waals surface area contributed by atoms with E-state index in [1.54, 1.807) is 12.1 Å². The predicted octanol–water partition coefficient (Wildman–Crippen LogP) is 3.15. The van der Waals surface area contributed by atoms with Gasteiger partial charge in [0, 0.05) is 23.7 Å². The van der Waals surface area contributed by atoms with E-state index >= 15 is 0 Å². The maximum absolute atomic E-state index is 12.2. The summed E-state index contributed by atoms with van der Waals surface area (Å²) in [6, 6.07) is 6.03. The van der Waals surface area contributed by atoms with Crippen LogP contribution in [-0.2, 0) is 0 Å². The van der Waals surface area contributed by atoms with E-state index in [1.807, 2.05) is 0 Å². The number of benzene rings is 1. The summed E-state index contributed by atoms with van der Waals surface area (Å²) in [5, 5.41) is 13.8. The molecule has 5 heteroatoms. The summed E-state index contributed by atoms with van der Waals surface area (Å²) in [7, 11) is 0. The quantitative estimate of drug-likeness (QED) is 0.681. The minimum atomic E-state index is -0.484. The molecule has 1 amide bonds. The summed E-state index contributed by atoms with van der Waals surface area (Å²) in [4.78, 5) is 22.5. The van der Waals surface area contributed by atoms with E-state index < -0.39 is 4.92 Å². The van der Waals surface area contributed by atoms with Gasteiger partial charge in [0.05, 0.1) is 4.92 Å². The van der Waals surface area contributed by atoms with E-state index in [0.717, 1.165) is 12.8 Å². The molecule has 1 aliphatic carbocycles. The standard InChI is InChI=1S/C15H20N2O3/c1-10-5-3-8-14(11(10)2)16-15(18)12-6-4-7-13(9-12)17(19)20/h4,6-7,9-11,14H,3,5,8H2,1-2H3,(H,16,18)/t10-,11+,14-/m1/s1. The molecule has 1 fully saturated rings. The maximum atomic E-state index is 12.2. The Morgan fingerprint density at radius 2 is 2.10 bits per heavy atom. The SMILES string of the molecule is C[C@H]1[C@H](C)CCC[C@H]1NC(=O)c1cccc([N+](=O)[O-])c1. The molecule has 0 heterocycles. The zero-order chi connectivity index (χ0) is 14.7. The number of nitro groups is 1. The van der Waals surface area contributed by atoms with Gasteiger partial charge in [-0.25, -0.2) is 0 Å². The number of hydrogen-bond acceptors (Lipinski definition) is 3. The van der Waals surface area contributed by atoms with E-state index in [-0.39, 0.29) is 17.6 Å². The zero-order valence-corrected chi connectivity index (χ0v) is 11.8. The van der Waals surface area contributed by atoms with E-state index in [2.05, 4.69) is 19.2 Å². The van der Waals surface area contributed by atoms with E-state index in [4.69, 9.17) is 0 Å². The van der Waals surface area contributed by atoms with Crippen LogP contribution in [0.2, 0.25) is 0 Å². The molecule has 1 aromatic carbocycles. The molecular formula is C15H20N2O3. The molecule has 1 aromatic rings. The minimum Gasteiger partial charge on any atom is -0.349 e. The highest BCUT2D eigenvalue weighted by molar-refractivity contribution is 5.95. The van der Waals surface area contributed by atoms with E-state index in [1.165, 1.54) is 18.6 Å². The van der Waals surface area contributed by atoms with Gasteiger partial charge in [0.1, 0.15) is 0 Å². The Morgan fingerprint density at radius 3 is 2.80 bits per heavy atom. The molecule has 0 saturated heterocycles. The molecule has 108 valence electrons. The molecule has 1 N–H and O–H groups in total. The van der Waals surface area contributed by atoms with Crippen molar-refractivity contribution >= 4 is 11.6 Å². The third-order valence-electron chi connectivity index (χ3n) is 4.34. The van der Waals surface area contributed by atoms with Gasteiger partial charge in [0.2, 0.25) is 0 Å². The molecule has 2 rings (SSSR count). The summed E-state index contributed by atoms with van der Waals surface area (Å²) < 4.78 is 0. The summed E-state index contributed by atoms with van der Waals surface area (Å²) in [6.45, 7) is 4.36. The Morgan fingerprint density at radius 1 is 1.35 bits per heavy atom. The van der Waals surface area contributed by atoms with E-state index in [0.29, 0.717) is 17.4 Å². The van der Waals surface area contributed by atoms with Gasteiger partial charge < -0.3 is 5.32 Å². The first-order chi connectivity index (χ1) is 9.49. The van der Waals surface area contributed by atoms with Gasteiger partial charge >= 0.3 is 0 Å². The van der Waals surface area contributed by atoms with Crippen LogP contribution < -0.4 is 5.32 Å². The Labute approximate surface area is 118 Å². The molecule has 20 heavy (non-hydrogen) atoms. The average Bonchev–Trinajstić information content (AvgIpc) is 2.44. The van der Waals surface area contributed by atoms with Crippen molar-refractivity contribution in [2.75, 3.05) is 0 Å². The Hall–Kier alpha value is -1.91. The van der Waals surface area contributed by atoms with Crippen molar-refractivity contribution in [3.8, 4) is 0 Å². The van der Waals surface area contributed by atoms with Gasteiger partial charge in [0.15, 0.2) is 0 Å². The fraction of sp³-hybridized carbons (Fsp3) is 0.533. The highest BCUT2D eigenvalue weighted by Crippen LogP contribution is 2.29. The highest BCUT2D eigenvalue weighted by Gasteiger charge is 2.28. The van der Waals surface area contributed by atoms with Gasteiger partial charge in [-0.15, -0.1) is 0 Å². The van der Waals surface area contributed by atoms with Crippen molar-refractivity contribution in [1.29, 1.82) is 0 Å². The molecule has 0 aromatic heterocycles. The van der Waals surface area contributed by atoms with Gasteiger partial charge in [-0.05, 0) is 24.3 Å². The second kappa shape index (κ2) is 6.03. The average molecular weight is 276 g/mol. The Kier molecular flexibility index (Phi) is 4.37. The van der Waals surface area contributed by atoms with Crippen LogP contribution in [0.4, 0.5) is 5.69 Å². The van der Waals surface area contributed by atoms with Crippen LogP contribution in [0, 0.1) is 22.0 Å². The lowest BCUT2D eigenvalue weighted by Crippen LogP contribution is -2.43. The number of hydrogen-bond donors (Lipinski definition) is 1. The number of non-ortho nitro benzene ring substituents is 1. The van der Waals surface area contributed by atoms with E-state index in [9.17, 15) is 14.9 Å². The van der Waals surface area contributed by atoms with Crippen molar-refractivity contribution < 1.29 is 9.72 Å². The lowest BCUT2D eigenvalue weighted by atomic mass is 9.78. The maximum Gasteiger partial charge on any atom is 0.270 e. The van der Waals surface area contributed by atoms with Crippen LogP contribution in [0.3, 0.4) is 0 Å². The Balaban J connectivity index is 2.08. The molecule has 0 radical (unpaired) electrons. The van der Waals surface area contributed by atoms with Gasteiger partial charge in [0.25, 0.3) is 11.6 Å². The molecular weight excluding hydrogens is 256 g/mol. The zero-order valence-electron chi connectivity index (χ0n) is 11.8. The molecule has 3 atom stereocenters. The molecule has 0 unspecified atom stereocenters. The van der Waals surface area contributed by atoms with Crippen molar-refractivity contribution in [3.63, 3.8) is 0 Å². The fourth-order valence-electron chi connectivity index (χ4n) is 2.80. The Bertz CT molecular complexity index is 516. The first-order valence-electron chi connectivity index (χ1n) is 7.04. The summed E-state index contributed by atoms with van der Waals surface area (Å²) in [5.74, 6) is 0.810. The number of nitro benzene ring substituents is 1. The smallest absolute Gasteiger partial charge is 0.270 e. The van der Waals surface area contributed by atoms with Crippen molar-refractivity contribution in [3.05, 3.63) is 39.9 Å². The normalized spacial score (nSPS) is 26.0. The van der Waals surface area contributed by atoms with Crippen LogP contribution in [0.25, 0.3) is 0 Å². The molecule has 0 aliphatic heterocycles. The molecule has 0 bridgehead atoms. The monoisotopic (exact) mass is 276 g/mol. The highest BCUT2D eigenvalue weighted by atomic mass is 16.6. The topological polar surface area (TPSA) is 72.2 Å². The van der Waals surface area contributed by atoms with Gasteiger partial charge in [-0.1, -0.05) is 32.8 Å². The van der Waals surface area contributed by atoms with Crippen LogP contribution in [0.15, 0.2) is 24.3 Å². The number of carbonyl (C=O) groups is 1. The van der Waals surface area contributed by atoms with Crippen LogP contribution >= 0.6 is 0 Å².